The van der Waals surface area contributed by atoms with Crippen molar-refractivity contribution in [2.75, 3.05) is 12.9 Å². The van der Waals surface area contributed by atoms with Crippen LogP contribution in [0.3, 0.4) is 0 Å². The summed E-state index contributed by atoms with van der Waals surface area (Å²) >= 11 is 0. The van der Waals surface area contributed by atoms with Crippen molar-refractivity contribution in [2.45, 2.75) is 0 Å². The van der Waals surface area contributed by atoms with E-state index in [4.69, 9.17) is 0 Å². The lowest BCUT2D eigenvalue weighted by Crippen LogP contribution is -2.06. The van der Waals surface area contributed by atoms with Gasteiger partial charge in [-0.05, 0) is 0 Å². The van der Waals surface area contributed by atoms with Crippen LogP contribution in [-0.2, 0) is 20.2 Å². The predicted molar refractivity (Wildman–Crippen MR) is 27.2 cm³/mol. The van der Waals surface area contributed by atoms with Crippen molar-refractivity contribution in [1.29, 1.82) is 0 Å². The molecule has 0 bridgehead atoms. The first kappa shape index (κ1) is 7.42. The first-order chi connectivity index (χ1) is 3.66. The lowest BCUT2D eigenvalue weighted by atomic mass is 10.8. The molecular weight excluding hydrogens is 132 g/mol. The van der Waals surface area contributed by atoms with E-state index in [0.717, 1.165) is 7.11 Å². The van der Waals surface area contributed by atoms with Crippen molar-refractivity contribution >= 4 is 16.7 Å². The number of carbonyl (C=O) groups is 1. The van der Waals surface area contributed by atoms with Crippen molar-refractivity contribution in [3.8, 4) is 0 Å². The summed E-state index contributed by atoms with van der Waals surface area (Å²) in [6.07, 6.45) is 0. The number of hydrogen-bond acceptors (Lipinski definition) is 4. The third kappa shape index (κ3) is 3.60. The molecule has 0 aromatic carbocycles. The summed E-state index contributed by atoms with van der Waals surface area (Å²) in [6.45, 7) is 0. The zero-order chi connectivity index (χ0) is 6.57. The molecule has 0 aliphatic heterocycles. The predicted octanol–water partition coefficient (Wildman–Crippen LogP) is -1.23. The highest BCUT2D eigenvalue weighted by atomic mass is 32.2. The van der Waals surface area contributed by atoms with Gasteiger partial charge >= 0.3 is 5.97 Å². The first-order valence-electron chi connectivity index (χ1n) is 1.85. The Labute approximate surface area is 48.4 Å². The van der Waals surface area contributed by atoms with E-state index in [1.807, 2.05) is 0 Å². The normalized spacial score (nSPS) is 9.25. The molecule has 0 radical (unpaired) electrons. The van der Waals surface area contributed by atoms with Gasteiger partial charge in [-0.15, -0.1) is 0 Å². The quantitative estimate of drug-likeness (QED) is 0.383. The summed E-state index contributed by atoms with van der Waals surface area (Å²) in [5.74, 6) is -1.24. The topological polar surface area (TPSA) is 60.4 Å². The second kappa shape index (κ2) is 3.43. The maximum Gasteiger partial charge on any atom is 0.320 e. The molecule has 0 rings (SSSR count). The number of thiol groups is 1. The van der Waals surface area contributed by atoms with Gasteiger partial charge < -0.3 is 4.74 Å². The Kier molecular flexibility index (Phi) is 3.18. The molecule has 5 heteroatoms. The van der Waals surface area contributed by atoms with E-state index >= 15 is 0 Å². The third-order valence-corrected chi connectivity index (χ3v) is 1.00. The van der Waals surface area contributed by atoms with Crippen LogP contribution in [0, 0.1) is 0 Å². The molecular formula is C3H6O4S. The summed E-state index contributed by atoms with van der Waals surface area (Å²) in [5.41, 5.74) is 0. The van der Waals surface area contributed by atoms with Gasteiger partial charge in [0, 0.05) is 0 Å². The van der Waals surface area contributed by atoms with Gasteiger partial charge in [-0.2, -0.15) is 0 Å². The van der Waals surface area contributed by atoms with Crippen LogP contribution >= 0.6 is 0 Å². The van der Waals surface area contributed by atoms with E-state index in [2.05, 4.69) is 4.74 Å². The van der Waals surface area contributed by atoms with Crippen LogP contribution in [0.15, 0.2) is 0 Å². The van der Waals surface area contributed by atoms with Crippen molar-refractivity contribution in [1.82, 2.24) is 0 Å². The van der Waals surface area contributed by atoms with Crippen LogP contribution < -0.4 is 0 Å². The van der Waals surface area contributed by atoms with Crippen LogP contribution in [0.5, 0.6) is 0 Å². The highest BCUT2D eigenvalue weighted by Crippen LogP contribution is 1.71. The van der Waals surface area contributed by atoms with Gasteiger partial charge in [0.05, 0.1) is 7.11 Å². The first-order valence-corrected chi connectivity index (χ1v) is 3.21. The van der Waals surface area contributed by atoms with Gasteiger partial charge in [-0.25, -0.2) is 8.42 Å². The number of esters is 1. The summed E-state index contributed by atoms with van der Waals surface area (Å²) in [6, 6.07) is 0. The molecule has 0 unspecified atom stereocenters. The lowest BCUT2D eigenvalue weighted by Gasteiger charge is -1.87. The van der Waals surface area contributed by atoms with Crippen LogP contribution in [0.25, 0.3) is 0 Å². The van der Waals surface area contributed by atoms with Crippen molar-refractivity contribution in [3.05, 3.63) is 0 Å². The molecule has 4 nitrogen and oxygen atoms in total. The molecule has 8 heavy (non-hydrogen) atoms. The maximum absolute atomic E-state index is 10.0. The van der Waals surface area contributed by atoms with Crippen molar-refractivity contribution in [3.63, 3.8) is 0 Å². The molecule has 0 N–H and O–H groups in total. The molecule has 0 heterocycles. The zero-order valence-electron chi connectivity index (χ0n) is 4.29. The maximum atomic E-state index is 10.0. The minimum atomic E-state index is -2.62. The minimum absolute atomic E-state index is 0.522. The average Bonchev–Trinajstić information content (AvgIpc) is 1.65. The summed E-state index contributed by atoms with van der Waals surface area (Å²) in [4.78, 5) is 10.0. The van der Waals surface area contributed by atoms with Gasteiger partial charge in [0.25, 0.3) is 0 Å². The number of carbonyl (C=O) groups excluding carboxylic acids is 1. The molecule has 0 fully saturated rings. The van der Waals surface area contributed by atoms with Crippen molar-refractivity contribution < 1.29 is 17.9 Å². The Bertz CT molecular complexity index is 139. The highest BCUT2D eigenvalue weighted by molar-refractivity contribution is 7.73. The standard InChI is InChI=1S/C3H6O4S/c1-7-3(4)2-8(5)6/h8H,2H2,1H3. The second-order valence-electron chi connectivity index (χ2n) is 1.07. The summed E-state index contributed by atoms with van der Waals surface area (Å²) in [7, 11) is -1.48. The number of ether oxygens (including phenoxy) is 1. The van der Waals surface area contributed by atoms with Crippen LogP contribution in [0.1, 0.15) is 0 Å². The van der Waals surface area contributed by atoms with Gasteiger partial charge in [0.1, 0.15) is 5.75 Å². The average molecular weight is 138 g/mol. The third-order valence-electron chi connectivity index (χ3n) is 0.486. The Morgan fingerprint density at radius 3 is 2.25 bits per heavy atom. The van der Waals surface area contributed by atoms with Gasteiger partial charge in [-0.1, -0.05) is 0 Å². The lowest BCUT2D eigenvalue weighted by molar-refractivity contribution is -0.137. The number of hydrogen-bond donors (Lipinski definition) is 1. The van der Waals surface area contributed by atoms with Gasteiger partial charge in [0.15, 0.2) is 10.7 Å². The van der Waals surface area contributed by atoms with Crippen LogP contribution in [0.2, 0.25) is 0 Å². The minimum Gasteiger partial charge on any atom is -0.468 e. The van der Waals surface area contributed by atoms with Crippen LogP contribution in [-0.4, -0.2) is 27.2 Å². The smallest absolute Gasteiger partial charge is 0.320 e. The van der Waals surface area contributed by atoms with Gasteiger partial charge in [-0.3, -0.25) is 4.79 Å². The Balaban J connectivity index is 3.56. The summed E-state index contributed by atoms with van der Waals surface area (Å²) in [5, 5.41) is 0. The molecule has 0 aliphatic carbocycles. The van der Waals surface area contributed by atoms with Crippen LogP contribution in [0.4, 0.5) is 0 Å². The monoisotopic (exact) mass is 138 g/mol. The molecule has 0 aliphatic rings. The Hall–Kier alpha value is -0.580. The molecule has 0 saturated heterocycles. The van der Waals surface area contributed by atoms with Gasteiger partial charge in [0.2, 0.25) is 0 Å². The Morgan fingerprint density at radius 2 is 2.12 bits per heavy atom. The molecule has 48 valence electrons. The molecule has 0 atom stereocenters. The Morgan fingerprint density at radius 1 is 1.62 bits per heavy atom. The molecule has 0 aromatic heterocycles. The van der Waals surface area contributed by atoms with E-state index < -0.39 is 22.4 Å². The fraction of sp³-hybridized carbons (Fsp3) is 0.667. The second-order valence-corrected chi connectivity index (χ2v) is 2.05. The van der Waals surface area contributed by atoms with E-state index in [9.17, 15) is 13.2 Å². The number of methoxy groups -OCH3 is 1. The highest BCUT2D eigenvalue weighted by Gasteiger charge is 1.98. The molecule has 0 saturated carbocycles. The summed E-state index contributed by atoms with van der Waals surface area (Å²) < 4.78 is 23.4. The fourth-order valence-electron chi connectivity index (χ4n) is 0.170. The number of rotatable bonds is 2. The van der Waals surface area contributed by atoms with E-state index in [1.165, 1.54) is 0 Å². The van der Waals surface area contributed by atoms with E-state index in [0.29, 0.717) is 0 Å². The molecule has 0 spiro atoms. The molecule has 0 amide bonds. The van der Waals surface area contributed by atoms with E-state index in [1.54, 1.807) is 0 Å². The SMILES string of the molecule is COC(=O)C[SH](=O)=O. The van der Waals surface area contributed by atoms with Crippen molar-refractivity contribution in [2.24, 2.45) is 0 Å². The zero-order valence-corrected chi connectivity index (χ0v) is 5.18. The fourth-order valence-corrected chi connectivity index (χ4v) is 0.510. The largest absolute Gasteiger partial charge is 0.468 e. The molecule has 0 aromatic rings. The van der Waals surface area contributed by atoms with E-state index in [-0.39, 0.29) is 0 Å².